The Kier molecular flexibility index (Phi) is 3.82. The molecule has 6 heteroatoms. The number of aliphatic imine (C=N–C) groups is 1. The molecule has 0 amide bonds. The highest BCUT2D eigenvalue weighted by Crippen LogP contribution is 2.34. The molecule has 0 bridgehead atoms. The summed E-state index contributed by atoms with van der Waals surface area (Å²) in [4.78, 5) is 16.8. The van der Waals surface area contributed by atoms with Gasteiger partial charge in [-0.2, -0.15) is 0 Å². The van der Waals surface area contributed by atoms with E-state index in [0.717, 1.165) is 33.7 Å². The van der Waals surface area contributed by atoms with Crippen molar-refractivity contribution in [2.24, 2.45) is 4.99 Å². The van der Waals surface area contributed by atoms with Crippen molar-refractivity contribution in [3.05, 3.63) is 80.0 Å². The molecule has 0 radical (unpaired) electrons. The first kappa shape index (κ1) is 15.5. The molecule has 1 aromatic heterocycles. The minimum atomic E-state index is -0.338. The van der Waals surface area contributed by atoms with Crippen LogP contribution in [0.1, 0.15) is 16.0 Å². The molecule has 2 aromatic carbocycles. The Morgan fingerprint density at radius 3 is 2.72 bits per heavy atom. The molecule has 0 aliphatic carbocycles. The van der Waals surface area contributed by atoms with Crippen molar-refractivity contribution < 1.29 is 9.50 Å². The molecule has 4 rings (SSSR count). The van der Waals surface area contributed by atoms with Crippen molar-refractivity contribution in [2.45, 2.75) is 6.54 Å². The third kappa shape index (κ3) is 2.92. The predicted molar refractivity (Wildman–Crippen MR) is 98.2 cm³/mol. The van der Waals surface area contributed by atoms with Crippen LogP contribution in [0.15, 0.2) is 58.3 Å². The molecule has 0 spiro atoms. The lowest BCUT2D eigenvalue weighted by Crippen LogP contribution is -2.13. The monoisotopic (exact) mass is 352 g/mol. The minimum absolute atomic E-state index is 0.0930. The van der Waals surface area contributed by atoms with Gasteiger partial charge in [0.15, 0.2) is 0 Å². The van der Waals surface area contributed by atoms with E-state index in [1.54, 1.807) is 24.4 Å². The van der Waals surface area contributed by atoms with Gasteiger partial charge in [-0.3, -0.25) is 14.4 Å². The standard InChI is InChI=1S/C19H13FN2O2S/c20-14-7-5-12(6-8-14)11-22-18(23)17(25-19(22)24)9-13-10-21-16-4-2-1-3-15(13)16/h1-10,23H,11H2/b13-9-. The van der Waals surface area contributed by atoms with E-state index in [4.69, 9.17) is 0 Å². The normalized spacial score (nSPS) is 14.2. The molecule has 3 aromatic rings. The van der Waals surface area contributed by atoms with E-state index in [2.05, 4.69) is 4.99 Å². The van der Waals surface area contributed by atoms with Crippen LogP contribution in [0, 0.1) is 5.82 Å². The van der Waals surface area contributed by atoms with E-state index < -0.39 is 0 Å². The van der Waals surface area contributed by atoms with Crippen LogP contribution >= 0.6 is 11.3 Å². The lowest BCUT2D eigenvalue weighted by atomic mass is 10.1. The summed E-state index contributed by atoms with van der Waals surface area (Å²) in [6, 6.07) is 13.5. The molecule has 2 heterocycles. The van der Waals surface area contributed by atoms with Gasteiger partial charge >= 0.3 is 4.87 Å². The van der Waals surface area contributed by atoms with Crippen molar-refractivity contribution in [1.82, 2.24) is 4.57 Å². The first-order valence-electron chi connectivity index (χ1n) is 7.64. The van der Waals surface area contributed by atoms with E-state index in [1.165, 1.54) is 16.7 Å². The number of aromatic hydroxyl groups is 1. The van der Waals surface area contributed by atoms with Crippen LogP contribution in [0.4, 0.5) is 10.1 Å². The summed E-state index contributed by atoms with van der Waals surface area (Å²) < 4.78 is 14.3. The van der Waals surface area contributed by atoms with Crippen molar-refractivity contribution >= 4 is 34.9 Å². The Balaban J connectivity index is 1.69. The third-order valence-corrected chi connectivity index (χ3v) is 4.91. The average molecular weight is 352 g/mol. The van der Waals surface area contributed by atoms with Crippen LogP contribution in [-0.2, 0) is 6.54 Å². The zero-order chi connectivity index (χ0) is 17.4. The van der Waals surface area contributed by atoms with Crippen LogP contribution < -0.4 is 4.87 Å². The summed E-state index contributed by atoms with van der Waals surface area (Å²) in [5, 5.41) is 10.4. The lowest BCUT2D eigenvalue weighted by Gasteiger charge is -2.04. The molecular formula is C19H13FN2O2S. The number of rotatable bonds is 3. The molecule has 4 nitrogen and oxygen atoms in total. The largest absolute Gasteiger partial charge is 0.493 e. The van der Waals surface area contributed by atoms with E-state index in [-0.39, 0.29) is 23.1 Å². The van der Waals surface area contributed by atoms with E-state index in [1.807, 2.05) is 24.3 Å². The van der Waals surface area contributed by atoms with Gasteiger partial charge in [0.05, 0.1) is 17.1 Å². The smallest absolute Gasteiger partial charge is 0.310 e. The van der Waals surface area contributed by atoms with E-state index in [9.17, 15) is 14.3 Å². The van der Waals surface area contributed by atoms with E-state index >= 15 is 0 Å². The highest BCUT2D eigenvalue weighted by Gasteiger charge is 2.16. The summed E-state index contributed by atoms with van der Waals surface area (Å²) in [6.07, 6.45) is 3.48. The number of halogens is 1. The number of para-hydroxylation sites is 1. The van der Waals surface area contributed by atoms with Crippen LogP contribution in [0.25, 0.3) is 11.6 Å². The molecule has 0 fully saturated rings. The number of aromatic nitrogens is 1. The molecule has 0 saturated heterocycles. The lowest BCUT2D eigenvalue weighted by molar-refractivity contribution is 0.420. The second kappa shape index (κ2) is 6.14. The molecule has 124 valence electrons. The zero-order valence-corrected chi connectivity index (χ0v) is 13.8. The number of fused-ring (bicyclic) bond motifs is 1. The zero-order valence-electron chi connectivity index (χ0n) is 13.0. The summed E-state index contributed by atoms with van der Waals surface area (Å²) in [7, 11) is 0. The summed E-state index contributed by atoms with van der Waals surface area (Å²) in [5.41, 5.74) is 3.42. The second-order valence-corrected chi connectivity index (χ2v) is 6.64. The number of thiazole rings is 1. The first-order valence-corrected chi connectivity index (χ1v) is 8.46. The van der Waals surface area contributed by atoms with Crippen LogP contribution in [0.3, 0.4) is 0 Å². The van der Waals surface area contributed by atoms with Gasteiger partial charge in [-0.25, -0.2) is 4.39 Å². The molecule has 1 N–H and O–H groups in total. The fourth-order valence-electron chi connectivity index (χ4n) is 2.72. The molecule has 1 aliphatic rings. The van der Waals surface area contributed by atoms with Crippen LogP contribution in [-0.4, -0.2) is 15.9 Å². The Labute approximate surface area is 146 Å². The van der Waals surface area contributed by atoms with Gasteiger partial charge in [-0.15, -0.1) is 0 Å². The number of hydrogen-bond acceptors (Lipinski definition) is 4. The first-order chi connectivity index (χ1) is 12.1. The quantitative estimate of drug-likeness (QED) is 0.773. The minimum Gasteiger partial charge on any atom is -0.493 e. The van der Waals surface area contributed by atoms with Gasteiger partial charge in [0.25, 0.3) is 0 Å². The highest BCUT2D eigenvalue weighted by atomic mass is 32.1. The van der Waals surface area contributed by atoms with E-state index in [0.29, 0.717) is 4.88 Å². The summed E-state index contributed by atoms with van der Waals surface area (Å²) >= 11 is 0.970. The van der Waals surface area contributed by atoms with Crippen LogP contribution in [0.2, 0.25) is 0 Å². The van der Waals surface area contributed by atoms with Crippen molar-refractivity contribution in [2.75, 3.05) is 0 Å². The van der Waals surface area contributed by atoms with Crippen LogP contribution in [0.5, 0.6) is 5.88 Å². The maximum atomic E-state index is 13.0. The summed E-state index contributed by atoms with van der Waals surface area (Å²) in [6.45, 7) is 0.190. The van der Waals surface area contributed by atoms with Gasteiger partial charge in [-0.1, -0.05) is 41.7 Å². The number of benzene rings is 2. The molecule has 25 heavy (non-hydrogen) atoms. The maximum absolute atomic E-state index is 13.0. The number of allylic oxidation sites excluding steroid dienone is 1. The Bertz CT molecular complexity index is 1060. The molecule has 0 unspecified atom stereocenters. The van der Waals surface area contributed by atoms with Gasteiger partial charge < -0.3 is 5.11 Å². The fraction of sp³-hybridized carbons (Fsp3) is 0.0526. The molecule has 0 atom stereocenters. The highest BCUT2D eigenvalue weighted by molar-refractivity contribution is 7.10. The van der Waals surface area contributed by atoms with Crippen molar-refractivity contribution in [3.63, 3.8) is 0 Å². The Morgan fingerprint density at radius 1 is 1.16 bits per heavy atom. The fourth-order valence-corrected chi connectivity index (χ4v) is 3.55. The molecule has 0 saturated carbocycles. The third-order valence-electron chi connectivity index (χ3n) is 3.99. The summed E-state index contributed by atoms with van der Waals surface area (Å²) in [5.74, 6) is -0.431. The number of nitrogens with zero attached hydrogens (tertiary/aromatic N) is 2. The van der Waals surface area contributed by atoms with Crippen molar-refractivity contribution in [3.8, 4) is 5.88 Å². The molecular weight excluding hydrogens is 339 g/mol. The second-order valence-electron chi connectivity index (χ2n) is 5.64. The van der Waals surface area contributed by atoms with Gasteiger partial charge in [-0.05, 0) is 29.8 Å². The predicted octanol–water partition coefficient (Wildman–Crippen LogP) is 4.06. The average Bonchev–Trinajstić information content (AvgIpc) is 3.14. The Hall–Kier alpha value is -2.99. The molecule has 1 aliphatic heterocycles. The van der Waals surface area contributed by atoms with Gasteiger partial charge in [0, 0.05) is 17.4 Å². The van der Waals surface area contributed by atoms with Gasteiger partial charge in [0.1, 0.15) is 5.82 Å². The SMILES string of the molecule is O=c1sc(/C=C2/C=Nc3ccccc32)c(O)n1Cc1ccc(F)cc1. The topological polar surface area (TPSA) is 54.6 Å². The maximum Gasteiger partial charge on any atom is 0.310 e. The number of hydrogen-bond donors (Lipinski definition) is 1. The van der Waals surface area contributed by atoms with Gasteiger partial charge in [0.2, 0.25) is 5.88 Å². The van der Waals surface area contributed by atoms with Crippen molar-refractivity contribution in [1.29, 1.82) is 0 Å². The Morgan fingerprint density at radius 2 is 1.92 bits per heavy atom.